The maximum Gasteiger partial charge on any atom is 0.257 e. The number of nitrogens with one attached hydrogen (secondary N) is 2. The minimum atomic E-state index is -0.179. The molecule has 0 spiro atoms. The Balaban J connectivity index is 0.00000225. The summed E-state index contributed by atoms with van der Waals surface area (Å²) < 4.78 is 5.19. The average molecular weight is 358 g/mol. The number of rotatable bonds is 5. The fourth-order valence-electron chi connectivity index (χ4n) is 2.52. The molecule has 0 saturated carbocycles. The summed E-state index contributed by atoms with van der Waals surface area (Å²) in [7, 11) is 3.51. The van der Waals surface area contributed by atoms with E-state index in [-0.39, 0.29) is 18.3 Å². The van der Waals surface area contributed by atoms with Gasteiger partial charge in [0.1, 0.15) is 5.75 Å². The molecule has 0 bridgehead atoms. The molecule has 2 N–H and O–H groups in total. The predicted octanol–water partition coefficient (Wildman–Crippen LogP) is 3.64. The van der Waals surface area contributed by atoms with Crippen molar-refractivity contribution in [2.24, 2.45) is 0 Å². The van der Waals surface area contributed by atoms with E-state index in [0.29, 0.717) is 5.56 Å². The molecule has 130 valence electrons. The van der Waals surface area contributed by atoms with E-state index < -0.39 is 0 Å². The highest BCUT2D eigenvalue weighted by Gasteiger charge is 2.09. The van der Waals surface area contributed by atoms with Crippen LogP contribution in [0.1, 0.15) is 15.9 Å². The molecule has 3 rings (SSSR count). The van der Waals surface area contributed by atoms with Gasteiger partial charge in [0.15, 0.2) is 0 Å². The quantitative estimate of drug-likeness (QED) is 0.731. The summed E-state index contributed by atoms with van der Waals surface area (Å²) in [6, 6.07) is 15.2. The Morgan fingerprint density at radius 1 is 1.16 bits per heavy atom. The number of amides is 1. The Labute approximate surface area is 152 Å². The number of carbonyl (C=O) groups is 1. The summed E-state index contributed by atoms with van der Waals surface area (Å²) in [6.07, 6.45) is 1.58. The first-order chi connectivity index (χ1) is 11.7. The monoisotopic (exact) mass is 357 g/mol. The van der Waals surface area contributed by atoms with Crippen molar-refractivity contribution in [1.82, 2.24) is 10.3 Å². The van der Waals surface area contributed by atoms with Crippen LogP contribution in [-0.2, 0) is 6.54 Å². The molecule has 1 heterocycles. The molecule has 0 aliphatic heterocycles. The van der Waals surface area contributed by atoms with Crippen LogP contribution < -0.4 is 15.4 Å². The van der Waals surface area contributed by atoms with E-state index in [9.17, 15) is 4.79 Å². The second-order valence-corrected chi connectivity index (χ2v) is 5.47. The highest BCUT2D eigenvalue weighted by atomic mass is 35.5. The summed E-state index contributed by atoms with van der Waals surface area (Å²) in [6.45, 7) is 0.753. The molecular formula is C19H20ClN3O2. The van der Waals surface area contributed by atoms with Crippen LogP contribution in [0, 0.1) is 0 Å². The molecule has 0 aliphatic carbocycles. The molecule has 1 aromatic heterocycles. The van der Waals surface area contributed by atoms with Crippen molar-refractivity contribution in [3.63, 3.8) is 0 Å². The van der Waals surface area contributed by atoms with Crippen molar-refractivity contribution in [3.05, 3.63) is 65.9 Å². The summed E-state index contributed by atoms with van der Waals surface area (Å²) in [4.78, 5) is 16.8. The van der Waals surface area contributed by atoms with E-state index in [0.717, 1.165) is 34.4 Å². The average Bonchev–Trinajstić information content (AvgIpc) is 2.61. The smallest absolute Gasteiger partial charge is 0.257 e. The molecule has 2 aromatic carbocycles. The largest absolute Gasteiger partial charge is 0.497 e. The molecular weight excluding hydrogens is 338 g/mol. The number of anilines is 1. The van der Waals surface area contributed by atoms with Crippen LogP contribution in [-0.4, -0.2) is 25.0 Å². The van der Waals surface area contributed by atoms with Crippen LogP contribution in [0.5, 0.6) is 5.75 Å². The van der Waals surface area contributed by atoms with Crippen LogP contribution in [0.15, 0.2) is 54.7 Å². The third kappa shape index (κ3) is 4.47. The number of benzene rings is 2. The van der Waals surface area contributed by atoms with E-state index in [1.807, 2.05) is 55.6 Å². The zero-order valence-electron chi connectivity index (χ0n) is 14.1. The number of ether oxygens (including phenoxy) is 1. The van der Waals surface area contributed by atoms with Gasteiger partial charge in [-0.2, -0.15) is 0 Å². The van der Waals surface area contributed by atoms with Gasteiger partial charge in [-0.05, 0) is 42.9 Å². The van der Waals surface area contributed by atoms with Crippen LogP contribution in [0.2, 0.25) is 0 Å². The van der Waals surface area contributed by atoms with Gasteiger partial charge in [-0.3, -0.25) is 9.78 Å². The van der Waals surface area contributed by atoms with Gasteiger partial charge in [0.05, 0.1) is 18.2 Å². The lowest BCUT2D eigenvalue weighted by molar-refractivity contribution is 0.102. The molecule has 0 aliphatic rings. The Bertz CT molecular complexity index is 883. The van der Waals surface area contributed by atoms with Gasteiger partial charge in [0.2, 0.25) is 0 Å². The molecule has 1 amide bonds. The van der Waals surface area contributed by atoms with Crippen molar-refractivity contribution in [1.29, 1.82) is 0 Å². The van der Waals surface area contributed by atoms with Gasteiger partial charge >= 0.3 is 0 Å². The van der Waals surface area contributed by atoms with Crippen molar-refractivity contribution >= 4 is 34.9 Å². The lowest BCUT2D eigenvalue weighted by Gasteiger charge is -2.08. The van der Waals surface area contributed by atoms with Crippen LogP contribution in [0.4, 0.5) is 5.69 Å². The maximum absolute atomic E-state index is 12.5. The highest BCUT2D eigenvalue weighted by Crippen LogP contribution is 2.20. The fraction of sp³-hybridized carbons (Fsp3) is 0.158. The maximum atomic E-state index is 12.5. The van der Waals surface area contributed by atoms with E-state index in [2.05, 4.69) is 15.6 Å². The van der Waals surface area contributed by atoms with E-state index in [4.69, 9.17) is 4.74 Å². The Morgan fingerprint density at radius 3 is 2.76 bits per heavy atom. The third-order valence-electron chi connectivity index (χ3n) is 3.72. The number of hydrogen-bond donors (Lipinski definition) is 2. The summed E-state index contributed by atoms with van der Waals surface area (Å²) in [5, 5.41) is 6.90. The second kappa shape index (κ2) is 8.46. The zero-order chi connectivity index (χ0) is 16.9. The molecule has 6 heteroatoms. The third-order valence-corrected chi connectivity index (χ3v) is 3.72. The molecule has 25 heavy (non-hydrogen) atoms. The van der Waals surface area contributed by atoms with Gasteiger partial charge < -0.3 is 15.4 Å². The fourth-order valence-corrected chi connectivity index (χ4v) is 2.52. The molecule has 0 radical (unpaired) electrons. The first-order valence-electron chi connectivity index (χ1n) is 7.68. The zero-order valence-corrected chi connectivity index (χ0v) is 14.9. The number of aromatic nitrogens is 1. The van der Waals surface area contributed by atoms with Gasteiger partial charge in [0, 0.05) is 29.9 Å². The number of pyridine rings is 1. The van der Waals surface area contributed by atoms with Crippen molar-refractivity contribution in [2.75, 3.05) is 19.5 Å². The Kier molecular flexibility index (Phi) is 6.33. The lowest BCUT2D eigenvalue weighted by atomic mass is 10.1. The SMILES string of the molecule is CNCc1cccc(NC(=O)c2cnc3cc(OC)ccc3c2)c1.Cl. The van der Waals surface area contributed by atoms with Crippen molar-refractivity contribution < 1.29 is 9.53 Å². The standard InChI is InChI=1S/C19H19N3O2.ClH/c1-20-11-13-4-3-5-16(8-13)22-19(23)15-9-14-6-7-17(24-2)10-18(14)21-12-15;/h3-10,12,20H,11H2,1-2H3,(H,22,23);1H. The Hall–Kier alpha value is -2.63. The van der Waals surface area contributed by atoms with Crippen molar-refractivity contribution in [2.45, 2.75) is 6.54 Å². The molecule has 0 atom stereocenters. The minimum Gasteiger partial charge on any atom is -0.497 e. The minimum absolute atomic E-state index is 0. The molecule has 0 fully saturated rings. The van der Waals surface area contributed by atoms with Gasteiger partial charge in [-0.25, -0.2) is 0 Å². The van der Waals surface area contributed by atoms with Gasteiger partial charge in [-0.1, -0.05) is 12.1 Å². The van der Waals surface area contributed by atoms with E-state index in [1.165, 1.54) is 0 Å². The highest BCUT2D eigenvalue weighted by molar-refractivity contribution is 6.05. The van der Waals surface area contributed by atoms with E-state index >= 15 is 0 Å². The normalized spacial score (nSPS) is 10.2. The predicted molar refractivity (Wildman–Crippen MR) is 103 cm³/mol. The summed E-state index contributed by atoms with van der Waals surface area (Å²) in [5.74, 6) is 0.565. The number of hydrogen-bond acceptors (Lipinski definition) is 4. The molecule has 3 aromatic rings. The number of methoxy groups -OCH3 is 1. The number of halogens is 1. The molecule has 0 saturated heterocycles. The van der Waals surface area contributed by atoms with Gasteiger partial charge in [0.25, 0.3) is 5.91 Å². The van der Waals surface area contributed by atoms with E-state index in [1.54, 1.807) is 13.3 Å². The number of fused-ring (bicyclic) bond motifs is 1. The summed E-state index contributed by atoms with van der Waals surface area (Å²) >= 11 is 0. The second-order valence-electron chi connectivity index (χ2n) is 5.47. The number of carbonyl (C=O) groups excluding carboxylic acids is 1. The van der Waals surface area contributed by atoms with Crippen LogP contribution >= 0.6 is 12.4 Å². The van der Waals surface area contributed by atoms with Crippen molar-refractivity contribution in [3.8, 4) is 5.75 Å². The number of nitrogens with zero attached hydrogens (tertiary/aromatic N) is 1. The summed E-state index contributed by atoms with van der Waals surface area (Å²) in [5.41, 5.74) is 3.19. The first kappa shape index (κ1) is 18.7. The van der Waals surface area contributed by atoms with Crippen LogP contribution in [0.25, 0.3) is 10.9 Å². The first-order valence-corrected chi connectivity index (χ1v) is 7.68. The van der Waals surface area contributed by atoms with Crippen LogP contribution in [0.3, 0.4) is 0 Å². The topological polar surface area (TPSA) is 63.2 Å². The van der Waals surface area contributed by atoms with Gasteiger partial charge in [-0.15, -0.1) is 12.4 Å². The lowest BCUT2D eigenvalue weighted by Crippen LogP contribution is -2.13. The molecule has 0 unspecified atom stereocenters. The molecule has 5 nitrogen and oxygen atoms in total. The Morgan fingerprint density at radius 2 is 2.00 bits per heavy atom.